The summed E-state index contributed by atoms with van der Waals surface area (Å²) < 4.78 is 39.5. The molecule has 1 N–H and O–H groups in total. The smallest absolute Gasteiger partial charge is 0.378 e. The van der Waals surface area contributed by atoms with E-state index in [1.807, 2.05) is 19.0 Å². The van der Waals surface area contributed by atoms with Crippen molar-refractivity contribution in [3.05, 3.63) is 29.8 Å². The van der Waals surface area contributed by atoms with Crippen molar-refractivity contribution < 1.29 is 13.2 Å². The summed E-state index contributed by atoms with van der Waals surface area (Å²) in [6, 6.07) is 6.42. The van der Waals surface area contributed by atoms with Gasteiger partial charge in [0.05, 0.1) is 0 Å². The van der Waals surface area contributed by atoms with E-state index in [0.717, 1.165) is 5.69 Å². The van der Waals surface area contributed by atoms with Crippen molar-refractivity contribution in [2.45, 2.75) is 25.6 Å². The number of benzene rings is 1. The molecule has 0 fully saturated rings. The molecular formula is C13H19F3N2. The molecular weight excluding hydrogens is 241 g/mol. The molecule has 0 aliphatic heterocycles. The summed E-state index contributed by atoms with van der Waals surface area (Å²) in [7, 11) is 3.70. The largest absolute Gasteiger partial charge is 0.410 e. The molecule has 1 rings (SSSR count). The Labute approximate surface area is 106 Å². The molecule has 0 aromatic heterocycles. The van der Waals surface area contributed by atoms with E-state index in [-0.39, 0.29) is 12.1 Å². The highest BCUT2D eigenvalue weighted by Crippen LogP contribution is 2.38. The topological polar surface area (TPSA) is 15.3 Å². The molecule has 0 bridgehead atoms. The number of hydrogen-bond acceptors (Lipinski definition) is 2. The fourth-order valence-electron chi connectivity index (χ4n) is 1.81. The average Bonchev–Trinajstić information content (AvgIpc) is 2.28. The van der Waals surface area contributed by atoms with Crippen molar-refractivity contribution in [2.24, 2.45) is 0 Å². The van der Waals surface area contributed by atoms with Gasteiger partial charge in [-0.25, -0.2) is 0 Å². The lowest BCUT2D eigenvalue weighted by atomic mass is 9.91. The Hall–Kier alpha value is -1.23. The summed E-state index contributed by atoms with van der Waals surface area (Å²) >= 11 is 0. The second-order valence-corrected chi connectivity index (χ2v) is 4.59. The molecule has 0 heterocycles. The Kier molecular flexibility index (Phi) is 4.27. The summed E-state index contributed by atoms with van der Waals surface area (Å²) in [6.45, 7) is 3.09. The maximum atomic E-state index is 13.2. The van der Waals surface area contributed by atoms with Crippen LogP contribution in [-0.4, -0.2) is 26.8 Å². The Morgan fingerprint density at radius 1 is 1.11 bits per heavy atom. The second kappa shape index (κ2) is 5.18. The van der Waals surface area contributed by atoms with Crippen LogP contribution in [0.3, 0.4) is 0 Å². The fraction of sp³-hybridized carbons (Fsp3) is 0.538. The van der Waals surface area contributed by atoms with Crippen LogP contribution in [0.2, 0.25) is 0 Å². The quantitative estimate of drug-likeness (QED) is 0.894. The van der Waals surface area contributed by atoms with Gasteiger partial charge in [-0.2, -0.15) is 13.2 Å². The van der Waals surface area contributed by atoms with E-state index in [2.05, 4.69) is 5.32 Å². The van der Waals surface area contributed by atoms with Gasteiger partial charge in [0, 0.05) is 19.8 Å². The number of rotatable bonds is 4. The van der Waals surface area contributed by atoms with Crippen LogP contribution < -0.4 is 10.2 Å². The number of hydrogen-bond donors (Lipinski definition) is 1. The van der Waals surface area contributed by atoms with Gasteiger partial charge >= 0.3 is 6.18 Å². The van der Waals surface area contributed by atoms with E-state index in [1.54, 1.807) is 19.1 Å². The van der Waals surface area contributed by atoms with Gasteiger partial charge < -0.3 is 10.2 Å². The van der Waals surface area contributed by atoms with Crippen LogP contribution in [0.5, 0.6) is 0 Å². The Balaban J connectivity index is 3.15. The van der Waals surface area contributed by atoms with E-state index >= 15 is 0 Å². The third kappa shape index (κ3) is 2.77. The lowest BCUT2D eigenvalue weighted by Crippen LogP contribution is -2.51. The van der Waals surface area contributed by atoms with Gasteiger partial charge in [0.25, 0.3) is 0 Å². The summed E-state index contributed by atoms with van der Waals surface area (Å²) in [6.07, 6.45) is -4.33. The molecule has 1 unspecified atom stereocenters. The average molecular weight is 260 g/mol. The third-order valence-electron chi connectivity index (χ3n) is 3.06. The van der Waals surface area contributed by atoms with Crippen molar-refractivity contribution in [1.82, 2.24) is 5.32 Å². The minimum atomic E-state index is -4.33. The Morgan fingerprint density at radius 2 is 1.61 bits per heavy atom. The van der Waals surface area contributed by atoms with Crippen molar-refractivity contribution in [2.75, 3.05) is 25.5 Å². The summed E-state index contributed by atoms with van der Waals surface area (Å²) in [5, 5.41) is 2.53. The molecule has 1 aromatic rings. The first kappa shape index (κ1) is 14.8. The standard InChI is InChI=1S/C13H19F3N2/c1-5-17-12(2,13(14,15)16)10-6-8-11(9-7-10)18(3)4/h6-9,17H,5H2,1-4H3. The van der Waals surface area contributed by atoms with Crippen LogP contribution in [0.1, 0.15) is 19.4 Å². The molecule has 0 radical (unpaired) electrons. The minimum absolute atomic E-state index is 0.224. The van der Waals surface area contributed by atoms with Crippen LogP contribution in [-0.2, 0) is 5.54 Å². The molecule has 102 valence electrons. The monoisotopic (exact) mass is 260 g/mol. The van der Waals surface area contributed by atoms with Gasteiger partial charge in [0.1, 0.15) is 5.54 Å². The molecule has 18 heavy (non-hydrogen) atoms. The molecule has 0 spiro atoms. The molecule has 5 heteroatoms. The van der Waals surface area contributed by atoms with Crippen LogP contribution in [0.25, 0.3) is 0 Å². The molecule has 1 aromatic carbocycles. The second-order valence-electron chi connectivity index (χ2n) is 4.59. The highest BCUT2D eigenvalue weighted by Gasteiger charge is 2.51. The van der Waals surface area contributed by atoms with Gasteiger partial charge in [-0.05, 0) is 31.2 Å². The molecule has 0 saturated heterocycles. The van der Waals surface area contributed by atoms with E-state index < -0.39 is 11.7 Å². The molecule has 0 aliphatic carbocycles. The van der Waals surface area contributed by atoms with E-state index in [1.165, 1.54) is 19.1 Å². The van der Waals surface area contributed by atoms with E-state index in [4.69, 9.17) is 0 Å². The predicted molar refractivity (Wildman–Crippen MR) is 67.9 cm³/mol. The Bertz CT molecular complexity index is 384. The van der Waals surface area contributed by atoms with Crippen molar-refractivity contribution in [3.63, 3.8) is 0 Å². The zero-order valence-electron chi connectivity index (χ0n) is 11.1. The Morgan fingerprint density at radius 3 is 1.94 bits per heavy atom. The molecule has 2 nitrogen and oxygen atoms in total. The summed E-state index contributed by atoms with van der Waals surface area (Å²) in [4.78, 5) is 1.85. The van der Waals surface area contributed by atoms with Crippen molar-refractivity contribution in [1.29, 1.82) is 0 Å². The highest BCUT2D eigenvalue weighted by molar-refractivity contribution is 5.47. The maximum absolute atomic E-state index is 13.2. The number of halogens is 3. The maximum Gasteiger partial charge on any atom is 0.410 e. The first-order valence-electron chi connectivity index (χ1n) is 5.82. The van der Waals surface area contributed by atoms with Crippen LogP contribution >= 0.6 is 0 Å². The van der Waals surface area contributed by atoms with Gasteiger partial charge in [0.15, 0.2) is 0 Å². The minimum Gasteiger partial charge on any atom is -0.378 e. The van der Waals surface area contributed by atoms with Gasteiger partial charge in [-0.15, -0.1) is 0 Å². The highest BCUT2D eigenvalue weighted by atomic mass is 19.4. The molecule has 0 saturated carbocycles. The van der Waals surface area contributed by atoms with E-state index in [9.17, 15) is 13.2 Å². The first-order valence-corrected chi connectivity index (χ1v) is 5.82. The number of anilines is 1. The van der Waals surface area contributed by atoms with Crippen LogP contribution in [0.4, 0.5) is 18.9 Å². The number of alkyl halides is 3. The first-order chi connectivity index (χ1) is 8.22. The zero-order chi connectivity index (χ0) is 14.0. The molecule has 0 aliphatic rings. The molecule has 1 atom stereocenters. The number of nitrogens with zero attached hydrogens (tertiary/aromatic N) is 1. The van der Waals surface area contributed by atoms with Crippen LogP contribution in [0, 0.1) is 0 Å². The summed E-state index contributed by atoms with van der Waals surface area (Å²) in [5.41, 5.74) is -0.908. The summed E-state index contributed by atoms with van der Waals surface area (Å²) in [5.74, 6) is 0. The predicted octanol–water partition coefficient (Wildman–Crippen LogP) is 3.14. The van der Waals surface area contributed by atoms with E-state index in [0.29, 0.717) is 0 Å². The van der Waals surface area contributed by atoms with Gasteiger partial charge in [-0.3, -0.25) is 0 Å². The molecule has 0 amide bonds. The lowest BCUT2D eigenvalue weighted by Gasteiger charge is -2.33. The normalized spacial score (nSPS) is 15.3. The van der Waals surface area contributed by atoms with Crippen molar-refractivity contribution >= 4 is 5.69 Å². The SMILES string of the molecule is CCNC(C)(c1ccc(N(C)C)cc1)C(F)(F)F. The lowest BCUT2D eigenvalue weighted by molar-refractivity contribution is -0.195. The number of nitrogens with one attached hydrogen (secondary N) is 1. The third-order valence-corrected chi connectivity index (χ3v) is 3.06. The van der Waals surface area contributed by atoms with Gasteiger partial charge in [0.2, 0.25) is 0 Å². The van der Waals surface area contributed by atoms with Crippen molar-refractivity contribution in [3.8, 4) is 0 Å². The fourth-order valence-corrected chi connectivity index (χ4v) is 1.81. The van der Waals surface area contributed by atoms with Gasteiger partial charge in [-0.1, -0.05) is 19.1 Å². The zero-order valence-corrected chi connectivity index (χ0v) is 11.1. The van der Waals surface area contributed by atoms with Crippen LogP contribution in [0.15, 0.2) is 24.3 Å².